The number of aryl methyl sites for hydroxylation is 1. The van der Waals surface area contributed by atoms with Gasteiger partial charge >= 0.3 is 5.97 Å². The minimum atomic E-state index is -0.741. The van der Waals surface area contributed by atoms with Gasteiger partial charge in [-0.2, -0.15) is 11.8 Å². The molecule has 0 aliphatic rings. The number of aromatic nitrogens is 2. The lowest BCUT2D eigenvalue weighted by molar-refractivity contribution is -0.136. The highest BCUT2D eigenvalue weighted by atomic mass is 32.2. The van der Waals surface area contributed by atoms with E-state index in [0.717, 1.165) is 11.4 Å². The van der Waals surface area contributed by atoms with Crippen molar-refractivity contribution in [3.63, 3.8) is 0 Å². The van der Waals surface area contributed by atoms with Crippen molar-refractivity contribution in [2.45, 2.75) is 24.3 Å². The number of rotatable bonds is 5. The minimum absolute atomic E-state index is 0.141. The number of thioether (sulfide) groups is 1. The van der Waals surface area contributed by atoms with Crippen molar-refractivity contribution < 1.29 is 9.90 Å². The van der Waals surface area contributed by atoms with Gasteiger partial charge in [-0.15, -0.1) is 0 Å². The van der Waals surface area contributed by atoms with Crippen LogP contribution in [-0.2, 0) is 17.6 Å². The molecule has 0 spiro atoms. The first-order valence-electron chi connectivity index (χ1n) is 4.38. The molecule has 0 aromatic carbocycles. The molecule has 1 rings (SSSR count). The highest BCUT2D eigenvalue weighted by molar-refractivity contribution is 7.99. The predicted molar refractivity (Wildman–Crippen MR) is 56.2 cm³/mol. The molecule has 4 nitrogen and oxygen atoms in total. The van der Waals surface area contributed by atoms with E-state index in [-0.39, 0.29) is 11.7 Å². The van der Waals surface area contributed by atoms with Gasteiger partial charge in [0.25, 0.3) is 0 Å². The molecule has 0 aliphatic heterocycles. The molecular formula is C9H14N2O2S. The van der Waals surface area contributed by atoms with Crippen molar-refractivity contribution in [2.24, 2.45) is 7.05 Å². The third-order valence-electron chi connectivity index (χ3n) is 1.89. The lowest BCUT2D eigenvalue weighted by Crippen LogP contribution is -2.06. The van der Waals surface area contributed by atoms with Gasteiger partial charge in [-0.05, 0) is 0 Å². The summed E-state index contributed by atoms with van der Waals surface area (Å²) in [5.41, 5.74) is 1.12. The zero-order valence-corrected chi connectivity index (χ0v) is 9.12. The molecule has 0 amide bonds. The van der Waals surface area contributed by atoms with E-state index >= 15 is 0 Å². The van der Waals surface area contributed by atoms with E-state index in [1.807, 2.05) is 18.5 Å². The Hall–Kier alpha value is -0.970. The molecule has 0 bridgehead atoms. The fourth-order valence-electron chi connectivity index (χ4n) is 1.06. The van der Waals surface area contributed by atoms with Gasteiger partial charge in [-0.25, -0.2) is 4.98 Å². The van der Waals surface area contributed by atoms with E-state index in [1.165, 1.54) is 0 Å². The fourth-order valence-corrected chi connectivity index (χ4v) is 2.05. The van der Waals surface area contributed by atoms with Crippen LogP contribution in [-0.4, -0.2) is 25.9 Å². The first-order valence-corrected chi connectivity index (χ1v) is 5.43. The Bertz CT molecular complexity index is 312. The average molecular weight is 214 g/mol. The van der Waals surface area contributed by atoms with Crippen molar-refractivity contribution in [1.82, 2.24) is 9.55 Å². The fraction of sp³-hybridized carbons (Fsp3) is 0.556. The predicted octanol–water partition coefficient (Wildman–Crippen LogP) is 1.52. The van der Waals surface area contributed by atoms with Crippen LogP contribution in [0.1, 0.15) is 19.0 Å². The summed E-state index contributed by atoms with van der Waals surface area (Å²) < 4.78 is 1.94. The molecule has 0 saturated carbocycles. The van der Waals surface area contributed by atoms with Crippen LogP contribution in [0, 0.1) is 0 Å². The van der Waals surface area contributed by atoms with E-state index in [4.69, 9.17) is 5.11 Å². The molecule has 5 heteroatoms. The number of imidazole rings is 1. The van der Waals surface area contributed by atoms with Gasteiger partial charge in [-0.3, -0.25) is 4.79 Å². The molecule has 1 heterocycles. The van der Waals surface area contributed by atoms with Crippen LogP contribution in [0.2, 0.25) is 0 Å². The highest BCUT2D eigenvalue weighted by Crippen LogP contribution is 2.19. The Kier molecular flexibility index (Phi) is 4.00. The number of hydrogen-bond donors (Lipinski definition) is 1. The molecule has 1 aromatic heterocycles. The van der Waals surface area contributed by atoms with Gasteiger partial charge in [0.05, 0.1) is 12.7 Å². The van der Waals surface area contributed by atoms with E-state index in [0.29, 0.717) is 0 Å². The number of carboxylic acid groups (broad SMARTS) is 1. The normalized spacial score (nSPS) is 12.7. The van der Waals surface area contributed by atoms with Crippen molar-refractivity contribution in [1.29, 1.82) is 0 Å². The summed E-state index contributed by atoms with van der Waals surface area (Å²) in [4.78, 5) is 14.4. The van der Waals surface area contributed by atoms with E-state index in [1.54, 1.807) is 24.3 Å². The molecule has 0 aliphatic carbocycles. The van der Waals surface area contributed by atoms with Crippen LogP contribution < -0.4 is 0 Å². The van der Waals surface area contributed by atoms with Crippen LogP contribution in [0.3, 0.4) is 0 Å². The Morgan fingerprint density at radius 2 is 2.50 bits per heavy atom. The van der Waals surface area contributed by atoms with E-state index in [9.17, 15) is 4.79 Å². The maximum atomic E-state index is 10.4. The van der Waals surface area contributed by atoms with Gasteiger partial charge in [-0.1, -0.05) is 6.92 Å². The van der Waals surface area contributed by atoms with Gasteiger partial charge < -0.3 is 9.67 Å². The second kappa shape index (κ2) is 5.05. The highest BCUT2D eigenvalue weighted by Gasteiger charge is 2.08. The molecular weight excluding hydrogens is 200 g/mol. The summed E-state index contributed by atoms with van der Waals surface area (Å²) in [6, 6.07) is 0. The van der Waals surface area contributed by atoms with E-state index < -0.39 is 5.97 Å². The molecule has 0 fully saturated rings. The average Bonchev–Trinajstić information content (AvgIpc) is 2.46. The number of carboxylic acids is 1. The standard InChI is InChI=1S/C9H14N2O2S/c1-7(3-9(12)13)14-5-8-4-10-6-11(8)2/h4,6-7H,3,5H2,1-2H3,(H,12,13). The first kappa shape index (κ1) is 11.1. The van der Waals surface area contributed by atoms with Crippen LogP contribution in [0.15, 0.2) is 12.5 Å². The summed E-state index contributed by atoms with van der Waals surface area (Å²) >= 11 is 1.63. The number of aliphatic carboxylic acids is 1. The summed E-state index contributed by atoms with van der Waals surface area (Å²) in [5, 5.41) is 8.71. The third-order valence-corrected chi connectivity index (χ3v) is 3.09. The summed E-state index contributed by atoms with van der Waals surface area (Å²) in [5.74, 6) is 0.0697. The zero-order valence-electron chi connectivity index (χ0n) is 8.30. The minimum Gasteiger partial charge on any atom is -0.481 e. The number of hydrogen-bond acceptors (Lipinski definition) is 3. The molecule has 1 N–H and O–H groups in total. The molecule has 0 saturated heterocycles. The van der Waals surface area contributed by atoms with Crippen LogP contribution >= 0.6 is 11.8 Å². The summed E-state index contributed by atoms with van der Waals surface area (Å²) in [6.45, 7) is 1.93. The zero-order chi connectivity index (χ0) is 10.6. The lowest BCUT2D eigenvalue weighted by atomic mass is 10.3. The first-order chi connectivity index (χ1) is 6.59. The molecule has 14 heavy (non-hydrogen) atoms. The van der Waals surface area contributed by atoms with Gasteiger partial charge in [0.1, 0.15) is 0 Å². The van der Waals surface area contributed by atoms with Crippen LogP contribution in [0.5, 0.6) is 0 Å². The number of nitrogens with zero attached hydrogens (tertiary/aromatic N) is 2. The van der Waals surface area contributed by atoms with Crippen molar-refractivity contribution in [3.8, 4) is 0 Å². The van der Waals surface area contributed by atoms with Crippen LogP contribution in [0.25, 0.3) is 0 Å². The molecule has 1 unspecified atom stereocenters. The number of carbonyl (C=O) groups is 1. The van der Waals surface area contributed by atoms with Crippen molar-refractivity contribution in [2.75, 3.05) is 0 Å². The van der Waals surface area contributed by atoms with Gasteiger partial charge in [0.15, 0.2) is 0 Å². The second-order valence-electron chi connectivity index (χ2n) is 3.22. The van der Waals surface area contributed by atoms with Crippen molar-refractivity contribution >= 4 is 17.7 Å². The second-order valence-corrected chi connectivity index (χ2v) is 4.64. The Balaban J connectivity index is 2.34. The molecule has 1 aromatic rings. The Morgan fingerprint density at radius 3 is 3.00 bits per heavy atom. The quantitative estimate of drug-likeness (QED) is 0.807. The molecule has 1 atom stereocenters. The summed E-state index contributed by atoms with van der Waals surface area (Å²) in [7, 11) is 1.94. The van der Waals surface area contributed by atoms with Crippen molar-refractivity contribution in [3.05, 3.63) is 18.2 Å². The maximum absolute atomic E-state index is 10.4. The lowest BCUT2D eigenvalue weighted by Gasteiger charge is -2.08. The SMILES string of the molecule is CC(CC(=O)O)SCc1cncn1C. The topological polar surface area (TPSA) is 55.1 Å². The summed E-state index contributed by atoms with van der Waals surface area (Å²) in [6.07, 6.45) is 3.76. The Morgan fingerprint density at radius 1 is 1.79 bits per heavy atom. The monoisotopic (exact) mass is 214 g/mol. The van der Waals surface area contributed by atoms with Gasteiger partial charge in [0, 0.05) is 29.9 Å². The van der Waals surface area contributed by atoms with E-state index in [2.05, 4.69) is 4.98 Å². The largest absolute Gasteiger partial charge is 0.481 e. The third kappa shape index (κ3) is 3.41. The molecule has 0 radical (unpaired) electrons. The molecule has 78 valence electrons. The maximum Gasteiger partial charge on any atom is 0.304 e. The smallest absolute Gasteiger partial charge is 0.304 e. The van der Waals surface area contributed by atoms with Gasteiger partial charge in [0.2, 0.25) is 0 Å². The van der Waals surface area contributed by atoms with Crippen LogP contribution in [0.4, 0.5) is 0 Å². The Labute approximate surface area is 87.3 Å².